The van der Waals surface area contributed by atoms with E-state index in [0.29, 0.717) is 12.8 Å². The molecule has 0 aromatic heterocycles. The quantitative estimate of drug-likeness (QED) is 0.815. The Morgan fingerprint density at radius 3 is 2.28 bits per heavy atom. The van der Waals surface area contributed by atoms with Crippen molar-refractivity contribution >= 4 is 11.8 Å². The molecule has 2 amide bonds. The van der Waals surface area contributed by atoms with Gasteiger partial charge >= 0.3 is 0 Å². The van der Waals surface area contributed by atoms with Gasteiger partial charge in [0, 0.05) is 12.3 Å². The van der Waals surface area contributed by atoms with Gasteiger partial charge in [-0.1, -0.05) is 61.5 Å². The van der Waals surface area contributed by atoms with E-state index in [2.05, 4.69) is 5.32 Å². The molecule has 0 saturated heterocycles. The average Bonchev–Trinajstić information content (AvgIpc) is 2.57. The summed E-state index contributed by atoms with van der Waals surface area (Å²) in [6.45, 7) is 5.53. The fourth-order valence-electron chi connectivity index (χ4n) is 2.84. The molecular formula is C21H26N2O2. The summed E-state index contributed by atoms with van der Waals surface area (Å²) >= 11 is 0. The Hall–Kier alpha value is -2.62. The first-order chi connectivity index (χ1) is 11.8. The minimum atomic E-state index is -1.12. The lowest BCUT2D eigenvalue weighted by molar-refractivity contribution is -0.132. The molecule has 0 aliphatic carbocycles. The van der Waals surface area contributed by atoms with E-state index >= 15 is 0 Å². The first-order valence-corrected chi connectivity index (χ1v) is 8.52. The summed E-state index contributed by atoms with van der Waals surface area (Å²) in [7, 11) is 0. The Labute approximate surface area is 149 Å². The third kappa shape index (κ3) is 4.92. The van der Waals surface area contributed by atoms with Crippen LogP contribution < -0.4 is 11.1 Å². The second-order valence-electron chi connectivity index (χ2n) is 6.88. The van der Waals surface area contributed by atoms with Gasteiger partial charge < -0.3 is 11.1 Å². The zero-order valence-corrected chi connectivity index (χ0v) is 15.1. The molecule has 25 heavy (non-hydrogen) atoms. The van der Waals surface area contributed by atoms with Crippen LogP contribution in [-0.4, -0.2) is 17.4 Å². The normalized spacial score (nSPS) is 14.4. The molecule has 0 heterocycles. The summed E-state index contributed by atoms with van der Waals surface area (Å²) in [6, 6.07) is 17.6. The van der Waals surface area contributed by atoms with Gasteiger partial charge in [0.2, 0.25) is 11.8 Å². The number of hydrogen-bond acceptors (Lipinski definition) is 2. The number of nitrogens with one attached hydrogen (secondary N) is 1. The molecular weight excluding hydrogens is 312 g/mol. The van der Waals surface area contributed by atoms with Crippen LogP contribution in [0.25, 0.3) is 0 Å². The van der Waals surface area contributed by atoms with Crippen LogP contribution in [-0.2, 0) is 22.4 Å². The SMILES string of the molecule is Cc1ccccc1CC(C)(NC(=O)C(C)Cc1ccccc1)C(N)=O. The van der Waals surface area contributed by atoms with Gasteiger partial charge in [0.05, 0.1) is 0 Å². The van der Waals surface area contributed by atoms with Crippen molar-refractivity contribution in [1.29, 1.82) is 0 Å². The van der Waals surface area contributed by atoms with E-state index in [-0.39, 0.29) is 11.8 Å². The first-order valence-electron chi connectivity index (χ1n) is 8.52. The Morgan fingerprint density at radius 2 is 1.68 bits per heavy atom. The van der Waals surface area contributed by atoms with Gasteiger partial charge in [0.25, 0.3) is 0 Å². The van der Waals surface area contributed by atoms with Crippen LogP contribution in [0.15, 0.2) is 54.6 Å². The number of nitrogens with two attached hydrogens (primary N) is 1. The van der Waals surface area contributed by atoms with Gasteiger partial charge in [-0.3, -0.25) is 9.59 Å². The van der Waals surface area contributed by atoms with E-state index in [1.807, 2.05) is 68.4 Å². The van der Waals surface area contributed by atoms with Crippen molar-refractivity contribution in [2.45, 2.75) is 39.2 Å². The van der Waals surface area contributed by atoms with Gasteiger partial charge in [-0.15, -0.1) is 0 Å². The van der Waals surface area contributed by atoms with Crippen LogP contribution in [0.5, 0.6) is 0 Å². The maximum absolute atomic E-state index is 12.6. The minimum absolute atomic E-state index is 0.168. The molecule has 0 radical (unpaired) electrons. The number of benzene rings is 2. The largest absolute Gasteiger partial charge is 0.368 e. The van der Waals surface area contributed by atoms with Gasteiger partial charge in [-0.05, 0) is 37.0 Å². The monoisotopic (exact) mass is 338 g/mol. The molecule has 2 aromatic carbocycles. The number of rotatable bonds is 7. The molecule has 3 N–H and O–H groups in total. The second kappa shape index (κ2) is 7.97. The number of carbonyl (C=O) groups is 2. The van der Waals surface area contributed by atoms with Crippen LogP contribution in [0.3, 0.4) is 0 Å². The summed E-state index contributed by atoms with van der Waals surface area (Å²) < 4.78 is 0. The molecule has 2 atom stereocenters. The molecule has 0 fully saturated rings. The molecule has 0 saturated carbocycles. The van der Waals surface area contributed by atoms with Gasteiger partial charge in [-0.25, -0.2) is 0 Å². The van der Waals surface area contributed by atoms with Crippen molar-refractivity contribution in [3.63, 3.8) is 0 Å². The highest BCUT2D eigenvalue weighted by molar-refractivity contribution is 5.91. The summed E-state index contributed by atoms with van der Waals surface area (Å²) in [6.07, 6.45) is 0.991. The smallest absolute Gasteiger partial charge is 0.243 e. The van der Waals surface area contributed by atoms with E-state index in [1.165, 1.54) is 0 Å². The van der Waals surface area contributed by atoms with Gasteiger partial charge in [-0.2, -0.15) is 0 Å². The highest BCUT2D eigenvalue weighted by atomic mass is 16.2. The predicted molar refractivity (Wildman–Crippen MR) is 99.9 cm³/mol. The van der Waals surface area contributed by atoms with E-state index in [0.717, 1.165) is 16.7 Å². The van der Waals surface area contributed by atoms with Crippen molar-refractivity contribution in [1.82, 2.24) is 5.32 Å². The van der Waals surface area contributed by atoms with Crippen molar-refractivity contribution in [3.8, 4) is 0 Å². The molecule has 0 spiro atoms. The van der Waals surface area contributed by atoms with E-state index in [9.17, 15) is 9.59 Å². The Morgan fingerprint density at radius 1 is 1.08 bits per heavy atom. The summed E-state index contributed by atoms with van der Waals surface area (Å²) in [4.78, 5) is 24.7. The molecule has 2 rings (SSSR count). The van der Waals surface area contributed by atoms with Crippen molar-refractivity contribution in [2.24, 2.45) is 11.7 Å². The summed E-state index contributed by atoms with van der Waals surface area (Å²) in [5, 5.41) is 2.88. The molecule has 132 valence electrons. The van der Waals surface area contributed by atoms with Crippen molar-refractivity contribution < 1.29 is 9.59 Å². The maximum Gasteiger partial charge on any atom is 0.243 e. The lowest BCUT2D eigenvalue weighted by Crippen LogP contribution is -2.58. The Balaban J connectivity index is 2.10. The first kappa shape index (κ1) is 18.7. The highest BCUT2D eigenvalue weighted by Crippen LogP contribution is 2.18. The van der Waals surface area contributed by atoms with E-state index in [4.69, 9.17) is 5.73 Å². The zero-order chi connectivity index (χ0) is 18.4. The molecule has 4 heteroatoms. The maximum atomic E-state index is 12.6. The number of aryl methyl sites for hydroxylation is 1. The number of primary amides is 1. The summed E-state index contributed by atoms with van der Waals surface area (Å²) in [5.74, 6) is -0.951. The van der Waals surface area contributed by atoms with Crippen molar-refractivity contribution in [2.75, 3.05) is 0 Å². The molecule has 2 aromatic rings. The van der Waals surface area contributed by atoms with E-state index in [1.54, 1.807) is 6.92 Å². The minimum Gasteiger partial charge on any atom is -0.368 e. The summed E-state index contributed by atoms with van der Waals surface area (Å²) in [5.41, 5.74) is 7.66. The average molecular weight is 338 g/mol. The molecule has 0 bridgehead atoms. The fraction of sp³-hybridized carbons (Fsp3) is 0.333. The molecule has 0 aliphatic rings. The number of amides is 2. The third-order valence-electron chi connectivity index (χ3n) is 4.58. The fourth-order valence-corrected chi connectivity index (χ4v) is 2.84. The molecule has 2 unspecified atom stereocenters. The second-order valence-corrected chi connectivity index (χ2v) is 6.88. The van der Waals surface area contributed by atoms with Crippen LogP contribution in [0.4, 0.5) is 0 Å². The standard InChI is InChI=1S/C21H26N2O2/c1-15-9-7-8-12-18(15)14-21(3,20(22)25)23-19(24)16(2)13-17-10-5-4-6-11-17/h4-12,16H,13-14H2,1-3H3,(H2,22,25)(H,23,24). The van der Waals surface area contributed by atoms with Crippen LogP contribution >= 0.6 is 0 Å². The van der Waals surface area contributed by atoms with Crippen LogP contribution in [0, 0.1) is 12.8 Å². The van der Waals surface area contributed by atoms with Crippen LogP contribution in [0.1, 0.15) is 30.5 Å². The zero-order valence-electron chi connectivity index (χ0n) is 15.1. The molecule has 0 aliphatic heterocycles. The molecule has 4 nitrogen and oxygen atoms in total. The number of carbonyl (C=O) groups excluding carboxylic acids is 2. The lowest BCUT2D eigenvalue weighted by atomic mass is 9.88. The Bertz CT molecular complexity index is 743. The highest BCUT2D eigenvalue weighted by Gasteiger charge is 2.34. The van der Waals surface area contributed by atoms with Gasteiger partial charge in [0.15, 0.2) is 0 Å². The van der Waals surface area contributed by atoms with Gasteiger partial charge in [0.1, 0.15) is 5.54 Å². The van der Waals surface area contributed by atoms with E-state index < -0.39 is 11.4 Å². The lowest BCUT2D eigenvalue weighted by Gasteiger charge is -2.29. The predicted octanol–water partition coefficient (Wildman–Crippen LogP) is 2.78. The van der Waals surface area contributed by atoms with Crippen LogP contribution in [0.2, 0.25) is 0 Å². The number of hydrogen-bond donors (Lipinski definition) is 2. The topological polar surface area (TPSA) is 72.2 Å². The van der Waals surface area contributed by atoms with Crippen molar-refractivity contribution in [3.05, 3.63) is 71.3 Å². The third-order valence-corrected chi connectivity index (χ3v) is 4.58. The Kier molecular flexibility index (Phi) is 5.97.